The maximum absolute atomic E-state index is 12.4. The lowest BCUT2D eigenvalue weighted by Gasteiger charge is -2.26. The van der Waals surface area contributed by atoms with Crippen molar-refractivity contribution in [3.63, 3.8) is 0 Å². The van der Waals surface area contributed by atoms with Crippen LogP contribution in [0.25, 0.3) is 0 Å². The number of carbonyl (C=O) groups is 2. The van der Waals surface area contributed by atoms with E-state index in [1.807, 2.05) is 0 Å². The van der Waals surface area contributed by atoms with Gasteiger partial charge in [-0.25, -0.2) is 14.8 Å². The Hall–Kier alpha value is -1.98. The highest BCUT2D eigenvalue weighted by atomic mass is 16.4. The predicted molar refractivity (Wildman–Crippen MR) is 67.7 cm³/mol. The Morgan fingerprint density at radius 1 is 1.37 bits per heavy atom. The third-order valence-electron chi connectivity index (χ3n) is 3.29. The van der Waals surface area contributed by atoms with Crippen LogP contribution in [0.3, 0.4) is 0 Å². The summed E-state index contributed by atoms with van der Waals surface area (Å²) in [7, 11) is 0. The van der Waals surface area contributed by atoms with Gasteiger partial charge in [0.05, 0.1) is 0 Å². The van der Waals surface area contributed by atoms with Gasteiger partial charge in [0.25, 0.3) is 5.91 Å². The van der Waals surface area contributed by atoms with Crippen molar-refractivity contribution >= 4 is 11.9 Å². The third kappa shape index (κ3) is 3.07. The lowest BCUT2D eigenvalue weighted by Crippen LogP contribution is -2.45. The molecule has 0 spiro atoms. The van der Waals surface area contributed by atoms with Gasteiger partial charge in [-0.3, -0.25) is 4.79 Å². The molecule has 1 atom stereocenters. The number of aliphatic carboxylic acids is 1. The molecular formula is C13H17N3O3. The normalized spacial score (nSPS) is 19.8. The SMILES string of the molecule is Cc1nccc(C(=O)N2CCCCCC2C(=O)O)n1. The Morgan fingerprint density at radius 2 is 2.16 bits per heavy atom. The van der Waals surface area contributed by atoms with E-state index < -0.39 is 12.0 Å². The largest absolute Gasteiger partial charge is 0.480 e. The molecule has 2 heterocycles. The first-order valence-electron chi connectivity index (χ1n) is 6.43. The predicted octanol–water partition coefficient (Wildman–Crippen LogP) is 1.25. The molecule has 1 aromatic heterocycles. The number of amides is 1. The summed E-state index contributed by atoms with van der Waals surface area (Å²) in [6.45, 7) is 2.17. The van der Waals surface area contributed by atoms with Gasteiger partial charge in [0.15, 0.2) is 0 Å². The van der Waals surface area contributed by atoms with Crippen LogP contribution in [0.4, 0.5) is 0 Å². The minimum atomic E-state index is -0.943. The molecule has 1 aliphatic rings. The number of likely N-dealkylation sites (tertiary alicyclic amines) is 1. The smallest absolute Gasteiger partial charge is 0.326 e. The average molecular weight is 263 g/mol. The number of hydrogen-bond donors (Lipinski definition) is 1. The summed E-state index contributed by atoms with van der Waals surface area (Å²) in [6, 6.07) is 0.782. The number of hydrogen-bond acceptors (Lipinski definition) is 4. The van der Waals surface area contributed by atoms with Crippen molar-refractivity contribution in [2.24, 2.45) is 0 Å². The molecule has 2 rings (SSSR count). The number of carboxylic acid groups (broad SMARTS) is 1. The lowest BCUT2D eigenvalue weighted by molar-refractivity contribution is -0.142. The highest BCUT2D eigenvalue weighted by Gasteiger charge is 2.31. The Bertz CT molecular complexity index is 490. The van der Waals surface area contributed by atoms with E-state index in [9.17, 15) is 14.7 Å². The number of nitrogens with zero attached hydrogens (tertiary/aromatic N) is 3. The van der Waals surface area contributed by atoms with Gasteiger partial charge in [0.1, 0.15) is 17.6 Å². The fourth-order valence-electron chi connectivity index (χ4n) is 2.33. The zero-order valence-electron chi connectivity index (χ0n) is 10.9. The molecule has 1 fully saturated rings. The van der Waals surface area contributed by atoms with Gasteiger partial charge in [-0.15, -0.1) is 0 Å². The first-order valence-corrected chi connectivity index (χ1v) is 6.43. The van der Waals surface area contributed by atoms with Gasteiger partial charge in [0, 0.05) is 12.7 Å². The summed E-state index contributed by atoms with van der Waals surface area (Å²) in [4.78, 5) is 33.1. The second-order valence-corrected chi connectivity index (χ2v) is 4.69. The number of aromatic nitrogens is 2. The topological polar surface area (TPSA) is 83.4 Å². The van der Waals surface area contributed by atoms with E-state index in [0.717, 1.165) is 19.3 Å². The van der Waals surface area contributed by atoms with E-state index in [4.69, 9.17) is 0 Å². The third-order valence-corrected chi connectivity index (χ3v) is 3.29. The van der Waals surface area contributed by atoms with Crippen LogP contribution in [-0.4, -0.2) is 44.4 Å². The van der Waals surface area contributed by atoms with Crippen molar-refractivity contribution in [1.82, 2.24) is 14.9 Å². The molecule has 1 N–H and O–H groups in total. The van der Waals surface area contributed by atoms with Crippen LogP contribution >= 0.6 is 0 Å². The van der Waals surface area contributed by atoms with Crippen LogP contribution in [0.1, 0.15) is 42.0 Å². The zero-order valence-corrected chi connectivity index (χ0v) is 10.9. The van der Waals surface area contributed by atoms with Crippen LogP contribution in [0.15, 0.2) is 12.3 Å². The first-order chi connectivity index (χ1) is 9.09. The molecule has 6 heteroatoms. The molecule has 0 bridgehead atoms. The van der Waals surface area contributed by atoms with Gasteiger partial charge < -0.3 is 10.0 Å². The summed E-state index contributed by atoms with van der Waals surface area (Å²) >= 11 is 0. The molecule has 1 amide bonds. The summed E-state index contributed by atoms with van der Waals surface area (Å²) in [6.07, 6.45) is 4.65. The van der Waals surface area contributed by atoms with Crippen LogP contribution < -0.4 is 0 Å². The number of carboxylic acids is 1. The minimum Gasteiger partial charge on any atom is -0.480 e. The van der Waals surface area contributed by atoms with Crippen molar-refractivity contribution in [3.05, 3.63) is 23.8 Å². The van der Waals surface area contributed by atoms with E-state index in [2.05, 4.69) is 9.97 Å². The van der Waals surface area contributed by atoms with Crippen molar-refractivity contribution in [2.45, 2.75) is 38.6 Å². The first kappa shape index (κ1) is 13.5. The van der Waals surface area contributed by atoms with E-state index >= 15 is 0 Å². The molecule has 6 nitrogen and oxygen atoms in total. The van der Waals surface area contributed by atoms with Gasteiger partial charge in [-0.2, -0.15) is 0 Å². The molecule has 0 radical (unpaired) electrons. The second kappa shape index (κ2) is 5.77. The second-order valence-electron chi connectivity index (χ2n) is 4.69. The molecule has 0 aliphatic carbocycles. The van der Waals surface area contributed by atoms with Gasteiger partial charge in [-0.05, 0) is 25.8 Å². The van der Waals surface area contributed by atoms with Crippen molar-refractivity contribution in [1.29, 1.82) is 0 Å². The Balaban J connectivity index is 2.26. The maximum atomic E-state index is 12.4. The summed E-state index contributed by atoms with van der Waals surface area (Å²) < 4.78 is 0. The van der Waals surface area contributed by atoms with Crippen LogP contribution in [0.5, 0.6) is 0 Å². The molecule has 1 saturated heterocycles. The number of carbonyl (C=O) groups excluding carboxylic acids is 1. The zero-order chi connectivity index (χ0) is 13.8. The molecule has 102 valence electrons. The van der Waals surface area contributed by atoms with Crippen LogP contribution in [0.2, 0.25) is 0 Å². The molecule has 1 unspecified atom stereocenters. The molecule has 1 aliphatic heterocycles. The number of aryl methyl sites for hydroxylation is 1. The van der Waals surface area contributed by atoms with E-state index in [1.165, 1.54) is 17.2 Å². The Labute approximate surface area is 111 Å². The fraction of sp³-hybridized carbons (Fsp3) is 0.538. The minimum absolute atomic E-state index is 0.264. The molecule has 0 saturated carbocycles. The summed E-state index contributed by atoms with van der Waals surface area (Å²) in [5.74, 6) is -0.756. The maximum Gasteiger partial charge on any atom is 0.326 e. The fourth-order valence-corrected chi connectivity index (χ4v) is 2.33. The van der Waals surface area contributed by atoms with E-state index in [-0.39, 0.29) is 11.6 Å². The molecule has 19 heavy (non-hydrogen) atoms. The van der Waals surface area contributed by atoms with Gasteiger partial charge in [-0.1, -0.05) is 12.8 Å². The molecule has 1 aromatic rings. The average Bonchev–Trinajstić information content (AvgIpc) is 2.63. The Kier molecular flexibility index (Phi) is 4.09. The quantitative estimate of drug-likeness (QED) is 0.868. The molecular weight excluding hydrogens is 246 g/mol. The van der Waals surface area contributed by atoms with Crippen molar-refractivity contribution in [3.8, 4) is 0 Å². The Morgan fingerprint density at radius 3 is 2.84 bits per heavy atom. The number of rotatable bonds is 2. The van der Waals surface area contributed by atoms with Crippen molar-refractivity contribution < 1.29 is 14.7 Å². The lowest BCUT2D eigenvalue weighted by atomic mass is 10.1. The summed E-state index contributed by atoms with van der Waals surface area (Å²) in [5.41, 5.74) is 0.264. The monoisotopic (exact) mass is 263 g/mol. The van der Waals surface area contributed by atoms with Gasteiger partial charge >= 0.3 is 5.97 Å². The standard InChI is InChI=1S/C13H17N3O3/c1-9-14-7-6-10(15-9)12(17)16-8-4-2-3-5-11(16)13(18)19/h6-7,11H,2-5,8H2,1H3,(H,18,19). The summed E-state index contributed by atoms with van der Waals surface area (Å²) in [5, 5.41) is 9.26. The highest BCUT2D eigenvalue weighted by Crippen LogP contribution is 2.19. The van der Waals surface area contributed by atoms with Crippen LogP contribution in [0, 0.1) is 6.92 Å². The van der Waals surface area contributed by atoms with Gasteiger partial charge in [0.2, 0.25) is 0 Å². The van der Waals surface area contributed by atoms with E-state index in [0.29, 0.717) is 18.8 Å². The molecule has 0 aromatic carbocycles. The van der Waals surface area contributed by atoms with Crippen LogP contribution in [-0.2, 0) is 4.79 Å². The van der Waals surface area contributed by atoms with Crippen molar-refractivity contribution in [2.75, 3.05) is 6.54 Å². The highest BCUT2D eigenvalue weighted by molar-refractivity contribution is 5.95. The van der Waals surface area contributed by atoms with E-state index in [1.54, 1.807) is 6.92 Å².